The van der Waals surface area contributed by atoms with Crippen molar-refractivity contribution in [3.8, 4) is 0 Å². The molecule has 0 spiro atoms. The van der Waals surface area contributed by atoms with Crippen LogP contribution >= 0.6 is 0 Å². The Balaban J connectivity index is 1.31. The van der Waals surface area contributed by atoms with Gasteiger partial charge in [0.2, 0.25) is 0 Å². The van der Waals surface area contributed by atoms with Crippen molar-refractivity contribution >= 4 is 55.7 Å². The number of benzene rings is 8. The number of rotatable bonds is 6. The molecule has 0 fully saturated rings. The zero-order chi connectivity index (χ0) is 40.5. The van der Waals surface area contributed by atoms with E-state index in [1.165, 1.54) is 0 Å². The first kappa shape index (κ1) is 37.4. The van der Waals surface area contributed by atoms with Gasteiger partial charge in [-0.15, -0.1) is 0 Å². The predicted molar refractivity (Wildman–Crippen MR) is 242 cm³/mol. The minimum Gasteiger partial charge on any atom is -0.380 e. The second-order valence-electron chi connectivity index (χ2n) is 17.7. The number of anilines is 6. The van der Waals surface area contributed by atoms with Gasteiger partial charge in [0.15, 0.2) is 0 Å². The summed E-state index contributed by atoms with van der Waals surface area (Å²) >= 11 is 0. The second-order valence-corrected chi connectivity index (χ2v) is 17.7. The summed E-state index contributed by atoms with van der Waals surface area (Å²) in [4.78, 5) is 4.53. The SMILES string of the molecule is CC(C)(C)C1(O)c2ccc(N(c3ccccc3)c3cccc4ccccc34)cc2C(O)(C(C)(C)C)c2ccc(N(c3ccccc3)c3cccc4ccccc34)cc21. The molecule has 1 aliphatic rings. The molecule has 0 amide bonds. The highest BCUT2D eigenvalue weighted by molar-refractivity contribution is 6.00. The van der Waals surface area contributed by atoms with Gasteiger partial charge in [-0.3, -0.25) is 0 Å². The van der Waals surface area contributed by atoms with Crippen molar-refractivity contribution in [1.29, 1.82) is 0 Å². The zero-order valence-electron chi connectivity index (χ0n) is 34.1. The van der Waals surface area contributed by atoms with E-state index in [-0.39, 0.29) is 0 Å². The zero-order valence-corrected chi connectivity index (χ0v) is 34.1. The van der Waals surface area contributed by atoms with Gasteiger partial charge in [0.25, 0.3) is 0 Å². The molecular formula is C54H50N2O2. The fourth-order valence-corrected chi connectivity index (χ4v) is 9.29. The molecule has 4 nitrogen and oxygen atoms in total. The fraction of sp³-hybridized carbons (Fsp3) is 0.185. The van der Waals surface area contributed by atoms with Crippen molar-refractivity contribution in [2.75, 3.05) is 9.80 Å². The number of fused-ring (bicyclic) bond motifs is 4. The Labute approximate surface area is 342 Å². The van der Waals surface area contributed by atoms with E-state index in [0.717, 1.165) is 55.7 Å². The second kappa shape index (κ2) is 13.7. The number of hydrogen-bond donors (Lipinski definition) is 2. The van der Waals surface area contributed by atoms with Crippen molar-refractivity contribution < 1.29 is 10.2 Å². The lowest BCUT2D eigenvalue weighted by molar-refractivity contribution is -0.0702. The molecule has 1 aliphatic carbocycles. The summed E-state index contributed by atoms with van der Waals surface area (Å²) in [6, 6.07) is 63.0. The molecule has 2 unspecified atom stereocenters. The van der Waals surface area contributed by atoms with Gasteiger partial charge < -0.3 is 20.0 Å². The van der Waals surface area contributed by atoms with Gasteiger partial charge in [-0.2, -0.15) is 0 Å². The monoisotopic (exact) mass is 758 g/mol. The van der Waals surface area contributed by atoms with Crippen LogP contribution in [0.5, 0.6) is 0 Å². The van der Waals surface area contributed by atoms with Crippen molar-refractivity contribution in [3.63, 3.8) is 0 Å². The molecule has 8 aromatic rings. The molecule has 2 atom stereocenters. The average molecular weight is 759 g/mol. The minimum atomic E-state index is -1.48. The van der Waals surface area contributed by atoms with Crippen LogP contribution in [-0.2, 0) is 11.2 Å². The summed E-state index contributed by atoms with van der Waals surface area (Å²) in [5.74, 6) is 0. The first-order valence-electron chi connectivity index (χ1n) is 20.2. The summed E-state index contributed by atoms with van der Waals surface area (Å²) in [7, 11) is 0. The molecule has 0 saturated carbocycles. The number of nitrogens with zero attached hydrogens (tertiary/aromatic N) is 2. The molecule has 0 saturated heterocycles. The van der Waals surface area contributed by atoms with E-state index in [9.17, 15) is 10.2 Å². The summed E-state index contributed by atoms with van der Waals surface area (Å²) in [6.07, 6.45) is 0. The lowest BCUT2D eigenvalue weighted by Crippen LogP contribution is -2.53. The van der Waals surface area contributed by atoms with Crippen LogP contribution in [-0.4, -0.2) is 10.2 Å². The first-order chi connectivity index (χ1) is 27.8. The molecule has 0 radical (unpaired) electrons. The van der Waals surface area contributed by atoms with Gasteiger partial charge in [0.05, 0.1) is 11.4 Å². The number of hydrogen-bond acceptors (Lipinski definition) is 4. The third kappa shape index (κ3) is 5.74. The summed E-state index contributed by atoms with van der Waals surface area (Å²) in [5.41, 5.74) is 4.33. The van der Waals surface area contributed by atoms with E-state index in [2.05, 4.69) is 221 Å². The largest absolute Gasteiger partial charge is 0.380 e. The van der Waals surface area contributed by atoms with Crippen LogP contribution in [0.1, 0.15) is 63.8 Å². The maximum Gasteiger partial charge on any atom is 0.120 e. The van der Waals surface area contributed by atoms with Gasteiger partial charge in [-0.1, -0.05) is 163 Å². The third-order valence-electron chi connectivity index (χ3n) is 12.3. The van der Waals surface area contributed by atoms with Gasteiger partial charge in [-0.05, 0) is 105 Å². The number of para-hydroxylation sites is 2. The first-order valence-corrected chi connectivity index (χ1v) is 20.2. The maximum absolute atomic E-state index is 13.7. The molecule has 2 N–H and O–H groups in total. The average Bonchev–Trinajstić information content (AvgIpc) is 3.23. The van der Waals surface area contributed by atoms with E-state index in [1.807, 2.05) is 12.1 Å². The summed E-state index contributed by atoms with van der Waals surface area (Å²) in [5, 5.41) is 31.9. The Morgan fingerprint density at radius 3 is 1.07 bits per heavy atom. The highest BCUT2D eigenvalue weighted by Crippen LogP contribution is 2.61. The standard InChI is InChI=1S/C54H50N2O2/c1-51(2,3)53(57)45-33-31-42(56(40-25-11-8-12-26-40)50-30-18-22-38-20-14-16-28-44(38)50)36-48(45)54(58,52(4,5)6)46-34-32-41(35-47(46)53)55(39-23-9-7-10-24-39)49-29-17-21-37-19-13-15-27-43(37)49/h7-36,57-58H,1-6H3. The van der Waals surface area contributed by atoms with Crippen molar-refractivity contribution in [1.82, 2.24) is 0 Å². The van der Waals surface area contributed by atoms with Crippen molar-refractivity contribution in [2.45, 2.75) is 52.7 Å². The van der Waals surface area contributed by atoms with Crippen LogP contribution in [0.25, 0.3) is 21.5 Å². The van der Waals surface area contributed by atoms with E-state index >= 15 is 0 Å². The highest BCUT2D eigenvalue weighted by atomic mass is 16.3. The lowest BCUT2D eigenvalue weighted by Gasteiger charge is -2.54. The quantitative estimate of drug-likeness (QED) is 0.177. The van der Waals surface area contributed by atoms with E-state index in [1.54, 1.807) is 0 Å². The Morgan fingerprint density at radius 1 is 0.345 bits per heavy atom. The molecule has 4 heteroatoms. The van der Waals surface area contributed by atoms with Gasteiger partial charge in [-0.25, -0.2) is 0 Å². The molecule has 9 rings (SSSR count). The molecule has 0 aromatic heterocycles. The predicted octanol–water partition coefficient (Wildman–Crippen LogP) is 13.8. The summed E-state index contributed by atoms with van der Waals surface area (Å²) < 4.78 is 0. The van der Waals surface area contributed by atoms with Crippen LogP contribution in [0.3, 0.4) is 0 Å². The molecule has 288 valence electrons. The maximum atomic E-state index is 13.7. The van der Waals surface area contributed by atoms with E-state index in [4.69, 9.17) is 0 Å². The van der Waals surface area contributed by atoms with Gasteiger partial charge >= 0.3 is 0 Å². The summed E-state index contributed by atoms with van der Waals surface area (Å²) in [6.45, 7) is 12.6. The molecule has 0 aliphatic heterocycles. The van der Waals surface area contributed by atoms with E-state index < -0.39 is 22.0 Å². The molecule has 0 bridgehead atoms. The highest BCUT2D eigenvalue weighted by Gasteiger charge is 2.58. The Kier molecular flexibility index (Phi) is 8.85. The van der Waals surface area contributed by atoms with Crippen molar-refractivity contribution in [2.24, 2.45) is 10.8 Å². The van der Waals surface area contributed by atoms with Crippen LogP contribution < -0.4 is 9.80 Å². The van der Waals surface area contributed by atoms with Crippen LogP contribution in [0, 0.1) is 10.8 Å². The topological polar surface area (TPSA) is 46.9 Å². The van der Waals surface area contributed by atoms with Gasteiger partial charge in [0.1, 0.15) is 11.2 Å². The third-order valence-corrected chi connectivity index (χ3v) is 12.3. The van der Waals surface area contributed by atoms with E-state index in [0.29, 0.717) is 22.3 Å². The van der Waals surface area contributed by atoms with Crippen LogP contribution in [0.15, 0.2) is 182 Å². The Bertz CT molecular complexity index is 2600. The minimum absolute atomic E-state index is 0.679. The molecular weight excluding hydrogens is 709 g/mol. The van der Waals surface area contributed by atoms with Crippen molar-refractivity contribution in [3.05, 3.63) is 204 Å². The van der Waals surface area contributed by atoms with Gasteiger partial charge in [0, 0.05) is 33.5 Å². The normalized spacial score (nSPS) is 17.8. The number of aliphatic hydroxyl groups is 2. The molecule has 58 heavy (non-hydrogen) atoms. The molecule has 8 aromatic carbocycles. The van der Waals surface area contributed by atoms with Crippen LogP contribution in [0.4, 0.5) is 34.1 Å². The molecule has 0 heterocycles. The smallest absolute Gasteiger partial charge is 0.120 e. The Morgan fingerprint density at radius 2 is 0.690 bits per heavy atom. The lowest BCUT2D eigenvalue weighted by atomic mass is 9.55. The fourth-order valence-electron chi connectivity index (χ4n) is 9.29. The van der Waals surface area contributed by atoms with Crippen LogP contribution in [0.2, 0.25) is 0 Å². The Hall–Kier alpha value is -6.20.